The SMILES string of the molecule is Cc1ccc(NCC(=O)Nc2cccc(C(=O)N3CCCC3)c2)cc1C. The lowest BCUT2D eigenvalue weighted by Crippen LogP contribution is -2.27. The van der Waals surface area contributed by atoms with Crippen molar-refractivity contribution in [2.45, 2.75) is 26.7 Å². The number of anilines is 2. The van der Waals surface area contributed by atoms with Crippen molar-refractivity contribution in [3.63, 3.8) is 0 Å². The Labute approximate surface area is 154 Å². The van der Waals surface area contributed by atoms with Crippen molar-refractivity contribution in [3.8, 4) is 0 Å². The van der Waals surface area contributed by atoms with Gasteiger partial charge in [0.15, 0.2) is 0 Å². The second kappa shape index (κ2) is 8.04. The van der Waals surface area contributed by atoms with E-state index in [1.807, 2.05) is 30.0 Å². The molecule has 1 saturated heterocycles. The quantitative estimate of drug-likeness (QED) is 0.865. The van der Waals surface area contributed by atoms with Crippen LogP contribution in [0.1, 0.15) is 34.3 Å². The van der Waals surface area contributed by atoms with E-state index in [2.05, 4.69) is 17.6 Å². The van der Waals surface area contributed by atoms with Crippen LogP contribution in [0.5, 0.6) is 0 Å². The van der Waals surface area contributed by atoms with Crippen molar-refractivity contribution in [2.24, 2.45) is 0 Å². The van der Waals surface area contributed by atoms with E-state index in [0.717, 1.165) is 31.6 Å². The predicted molar refractivity (Wildman–Crippen MR) is 105 cm³/mol. The molecule has 0 radical (unpaired) electrons. The second-order valence-electron chi connectivity index (χ2n) is 6.78. The second-order valence-corrected chi connectivity index (χ2v) is 6.78. The molecule has 0 spiro atoms. The van der Waals surface area contributed by atoms with Crippen molar-refractivity contribution < 1.29 is 9.59 Å². The van der Waals surface area contributed by atoms with Crippen LogP contribution in [0.15, 0.2) is 42.5 Å². The van der Waals surface area contributed by atoms with Gasteiger partial charge in [-0.1, -0.05) is 12.1 Å². The first-order valence-corrected chi connectivity index (χ1v) is 9.03. The molecule has 5 nitrogen and oxygen atoms in total. The van der Waals surface area contributed by atoms with Crippen molar-refractivity contribution in [1.29, 1.82) is 0 Å². The Morgan fingerprint density at radius 3 is 2.46 bits per heavy atom. The van der Waals surface area contributed by atoms with Gasteiger partial charge in [-0.15, -0.1) is 0 Å². The van der Waals surface area contributed by atoms with Gasteiger partial charge in [0.2, 0.25) is 5.91 Å². The topological polar surface area (TPSA) is 61.4 Å². The van der Waals surface area contributed by atoms with Crippen molar-refractivity contribution >= 4 is 23.2 Å². The summed E-state index contributed by atoms with van der Waals surface area (Å²) < 4.78 is 0. The molecule has 136 valence electrons. The lowest BCUT2D eigenvalue weighted by atomic mass is 10.1. The van der Waals surface area contributed by atoms with Crippen LogP contribution in [0.4, 0.5) is 11.4 Å². The van der Waals surface area contributed by atoms with Crippen molar-refractivity contribution in [3.05, 3.63) is 59.2 Å². The van der Waals surface area contributed by atoms with Crippen LogP contribution >= 0.6 is 0 Å². The first-order chi connectivity index (χ1) is 12.5. The van der Waals surface area contributed by atoms with E-state index in [9.17, 15) is 9.59 Å². The zero-order valence-electron chi connectivity index (χ0n) is 15.3. The summed E-state index contributed by atoms with van der Waals surface area (Å²) >= 11 is 0. The number of carbonyl (C=O) groups excluding carboxylic acids is 2. The van der Waals surface area contributed by atoms with Crippen LogP contribution < -0.4 is 10.6 Å². The average Bonchev–Trinajstić information content (AvgIpc) is 3.17. The number of likely N-dealkylation sites (tertiary alicyclic amines) is 1. The highest BCUT2D eigenvalue weighted by Gasteiger charge is 2.19. The molecule has 1 aliphatic rings. The van der Waals surface area contributed by atoms with Crippen LogP contribution in [0.3, 0.4) is 0 Å². The molecule has 0 unspecified atom stereocenters. The van der Waals surface area contributed by atoms with E-state index >= 15 is 0 Å². The summed E-state index contributed by atoms with van der Waals surface area (Å²) in [6.07, 6.45) is 2.12. The minimum absolute atomic E-state index is 0.0341. The first-order valence-electron chi connectivity index (χ1n) is 9.03. The number of nitrogens with zero attached hydrogens (tertiary/aromatic N) is 1. The lowest BCUT2D eigenvalue weighted by molar-refractivity contribution is -0.114. The van der Waals surface area contributed by atoms with E-state index in [1.165, 1.54) is 11.1 Å². The summed E-state index contributed by atoms with van der Waals surface area (Å²) in [6.45, 7) is 5.91. The van der Waals surface area contributed by atoms with Gasteiger partial charge in [0, 0.05) is 30.0 Å². The first kappa shape index (κ1) is 18.0. The summed E-state index contributed by atoms with van der Waals surface area (Å²) in [7, 11) is 0. The van der Waals surface area contributed by atoms with Crippen LogP contribution in [0.25, 0.3) is 0 Å². The fourth-order valence-corrected chi connectivity index (χ4v) is 3.07. The maximum Gasteiger partial charge on any atom is 0.253 e. The van der Waals surface area contributed by atoms with E-state index in [4.69, 9.17) is 0 Å². The van der Waals surface area contributed by atoms with Gasteiger partial charge in [0.25, 0.3) is 5.91 Å². The average molecular weight is 351 g/mol. The predicted octanol–water partition coefficient (Wildman–Crippen LogP) is 3.59. The summed E-state index contributed by atoms with van der Waals surface area (Å²) in [6, 6.07) is 13.2. The van der Waals surface area contributed by atoms with Crippen molar-refractivity contribution in [1.82, 2.24) is 4.90 Å². The Hall–Kier alpha value is -2.82. The van der Waals surface area contributed by atoms with Gasteiger partial charge in [-0.3, -0.25) is 9.59 Å². The molecule has 2 N–H and O–H groups in total. The monoisotopic (exact) mass is 351 g/mol. The zero-order valence-corrected chi connectivity index (χ0v) is 15.3. The molecule has 1 aliphatic heterocycles. The Morgan fingerprint density at radius 1 is 0.962 bits per heavy atom. The smallest absolute Gasteiger partial charge is 0.253 e. The third-order valence-electron chi connectivity index (χ3n) is 4.75. The molecule has 2 amide bonds. The molecule has 0 saturated carbocycles. The molecule has 3 rings (SSSR count). The molecule has 2 aromatic rings. The van der Waals surface area contributed by atoms with Gasteiger partial charge in [0.1, 0.15) is 0 Å². The number of hydrogen-bond donors (Lipinski definition) is 2. The molecule has 0 aromatic heterocycles. The van der Waals surface area contributed by atoms with E-state index in [1.54, 1.807) is 24.3 Å². The summed E-state index contributed by atoms with van der Waals surface area (Å²) in [4.78, 5) is 26.5. The Bertz CT molecular complexity index is 811. The minimum atomic E-state index is -0.144. The van der Waals surface area contributed by atoms with Gasteiger partial charge >= 0.3 is 0 Å². The molecule has 5 heteroatoms. The number of rotatable bonds is 5. The minimum Gasteiger partial charge on any atom is -0.376 e. The maximum absolute atomic E-state index is 12.5. The zero-order chi connectivity index (χ0) is 18.5. The molecule has 26 heavy (non-hydrogen) atoms. The lowest BCUT2D eigenvalue weighted by Gasteiger charge is -2.16. The number of amides is 2. The number of aryl methyl sites for hydroxylation is 2. The fourth-order valence-electron chi connectivity index (χ4n) is 3.07. The third-order valence-corrected chi connectivity index (χ3v) is 4.75. The van der Waals surface area contributed by atoms with Crippen LogP contribution in [-0.4, -0.2) is 36.3 Å². The standard InChI is InChI=1S/C21H25N3O2/c1-15-8-9-18(12-16(15)2)22-14-20(25)23-19-7-5-6-17(13-19)21(26)24-10-3-4-11-24/h5-9,12-13,22H,3-4,10-11,14H2,1-2H3,(H,23,25). The largest absolute Gasteiger partial charge is 0.376 e. The third kappa shape index (κ3) is 4.42. The van der Waals surface area contributed by atoms with E-state index in [-0.39, 0.29) is 18.4 Å². The molecule has 2 aromatic carbocycles. The Morgan fingerprint density at radius 2 is 1.73 bits per heavy atom. The van der Waals surface area contributed by atoms with Gasteiger partial charge < -0.3 is 15.5 Å². The molecule has 0 atom stereocenters. The normalized spacial score (nSPS) is 13.5. The van der Waals surface area contributed by atoms with E-state index in [0.29, 0.717) is 11.3 Å². The number of hydrogen-bond acceptors (Lipinski definition) is 3. The molecular weight excluding hydrogens is 326 g/mol. The fraction of sp³-hybridized carbons (Fsp3) is 0.333. The highest BCUT2D eigenvalue weighted by molar-refractivity contribution is 5.98. The highest BCUT2D eigenvalue weighted by atomic mass is 16.2. The highest BCUT2D eigenvalue weighted by Crippen LogP contribution is 2.17. The molecule has 1 fully saturated rings. The number of carbonyl (C=O) groups is 2. The Balaban J connectivity index is 1.57. The van der Waals surface area contributed by atoms with E-state index < -0.39 is 0 Å². The summed E-state index contributed by atoms with van der Waals surface area (Å²) in [5.74, 6) is -0.110. The maximum atomic E-state index is 12.5. The summed E-state index contributed by atoms with van der Waals surface area (Å²) in [5.41, 5.74) is 4.58. The Kier molecular flexibility index (Phi) is 5.56. The molecular formula is C21H25N3O2. The van der Waals surface area contributed by atoms with Gasteiger partial charge in [0.05, 0.1) is 6.54 Å². The number of nitrogens with one attached hydrogen (secondary N) is 2. The van der Waals surface area contributed by atoms with Gasteiger partial charge in [-0.2, -0.15) is 0 Å². The number of benzene rings is 2. The van der Waals surface area contributed by atoms with Crippen LogP contribution in [0.2, 0.25) is 0 Å². The molecule has 1 heterocycles. The summed E-state index contributed by atoms with van der Waals surface area (Å²) in [5, 5.41) is 5.98. The van der Waals surface area contributed by atoms with Crippen LogP contribution in [-0.2, 0) is 4.79 Å². The van der Waals surface area contributed by atoms with Gasteiger partial charge in [-0.05, 0) is 68.1 Å². The van der Waals surface area contributed by atoms with Crippen LogP contribution in [0, 0.1) is 13.8 Å². The molecule has 0 bridgehead atoms. The van der Waals surface area contributed by atoms with Crippen molar-refractivity contribution in [2.75, 3.05) is 30.3 Å². The van der Waals surface area contributed by atoms with Gasteiger partial charge in [-0.25, -0.2) is 0 Å². The molecule has 0 aliphatic carbocycles.